The van der Waals surface area contributed by atoms with E-state index in [1.807, 2.05) is 0 Å². The van der Waals surface area contributed by atoms with E-state index in [4.69, 9.17) is 0 Å². The van der Waals surface area contributed by atoms with E-state index in [0.29, 0.717) is 12.5 Å². The Morgan fingerprint density at radius 2 is 1.55 bits per heavy atom. The summed E-state index contributed by atoms with van der Waals surface area (Å²) in [4.78, 5) is 12.0. The molecule has 0 aromatic rings. The standard InChI is InChI=1S/C15H29NO3S/c1-12(2)20(18,19)13(3)15(17)16-11-14-9-7-5-4-6-8-10-14/h12-14H,4-11H2,1-3H3,(H,16,17)/t13-/m1/s1. The number of carbonyl (C=O) groups excluding carboxylic acids is 1. The van der Waals surface area contributed by atoms with Crippen molar-refractivity contribution in [3.63, 3.8) is 0 Å². The van der Waals surface area contributed by atoms with E-state index in [9.17, 15) is 13.2 Å². The fourth-order valence-electron chi connectivity index (χ4n) is 2.69. The Kier molecular flexibility index (Phi) is 7.00. The number of hydrogen-bond donors (Lipinski definition) is 1. The Hall–Kier alpha value is -0.580. The Labute approximate surface area is 123 Å². The summed E-state index contributed by atoms with van der Waals surface area (Å²) in [7, 11) is -3.35. The summed E-state index contributed by atoms with van der Waals surface area (Å²) in [6.07, 6.45) is 8.62. The van der Waals surface area contributed by atoms with Crippen molar-refractivity contribution < 1.29 is 13.2 Å². The van der Waals surface area contributed by atoms with Gasteiger partial charge in [-0.05, 0) is 39.5 Å². The molecule has 1 aliphatic carbocycles. The highest BCUT2D eigenvalue weighted by Crippen LogP contribution is 2.21. The van der Waals surface area contributed by atoms with Crippen molar-refractivity contribution >= 4 is 15.7 Å². The lowest BCUT2D eigenvalue weighted by Crippen LogP contribution is -2.42. The van der Waals surface area contributed by atoms with Crippen molar-refractivity contribution in [2.45, 2.75) is 76.2 Å². The van der Waals surface area contributed by atoms with Crippen LogP contribution in [0.25, 0.3) is 0 Å². The Morgan fingerprint density at radius 3 is 2.05 bits per heavy atom. The van der Waals surface area contributed by atoms with Crippen molar-refractivity contribution in [1.82, 2.24) is 5.32 Å². The van der Waals surface area contributed by atoms with Crippen molar-refractivity contribution in [3.05, 3.63) is 0 Å². The third-order valence-corrected chi connectivity index (χ3v) is 6.82. The molecular formula is C15H29NO3S. The van der Waals surface area contributed by atoms with Crippen LogP contribution >= 0.6 is 0 Å². The molecule has 1 saturated carbocycles. The summed E-state index contributed by atoms with van der Waals surface area (Å²) >= 11 is 0. The van der Waals surface area contributed by atoms with Crippen molar-refractivity contribution in [3.8, 4) is 0 Å². The Bertz CT molecular complexity index is 395. The van der Waals surface area contributed by atoms with Crippen LogP contribution in [0.1, 0.15) is 65.7 Å². The maximum Gasteiger partial charge on any atom is 0.238 e. The van der Waals surface area contributed by atoms with E-state index < -0.39 is 20.3 Å². The minimum atomic E-state index is -3.35. The predicted octanol–water partition coefficient (Wildman–Crippen LogP) is 2.67. The van der Waals surface area contributed by atoms with Crippen molar-refractivity contribution in [2.75, 3.05) is 6.54 Å². The van der Waals surface area contributed by atoms with E-state index >= 15 is 0 Å². The van der Waals surface area contributed by atoms with Crippen LogP contribution in [0.2, 0.25) is 0 Å². The molecule has 0 aliphatic heterocycles. The highest BCUT2D eigenvalue weighted by molar-refractivity contribution is 7.93. The molecule has 0 saturated heterocycles. The molecule has 0 heterocycles. The molecule has 0 spiro atoms. The first-order chi connectivity index (χ1) is 9.35. The second kappa shape index (κ2) is 8.01. The molecule has 0 radical (unpaired) electrons. The Morgan fingerprint density at radius 1 is 1.05 bits per heavy atom. The molecule has 1 aliphatic rings. The van der Waals surface area contributed by atoms with Crippen LogP contribution < -0.4 is 5.32 Å². The second-order valence-corrected chi connectivity index (χ2v) is 9.06. The molecule has 1 atom stereocenters. The maximum absolute atomic E-state index is 12.0. The highest BCUT2D eigenvalue weighted by atomic mass is 32.2. The van der Waals surface area contributed by atoms with Gasteiger partial charge in [-0.1, -0.05) is 32.1 Å². The Balaban J connectivity index is 2.45. The van der Waals surface area contributed by atoms with E-state index in [2.05, 4.69) is 5.32 Å². The third kappa shape index (κ3) is 5.08. The van der Waals surface area contributed by atoms with Gasteiger partial charge in [0.2, 0.25) is 5.91 Å². The van der Waals surface area contributed by atoms with Gasteiger partial charge >= 0.3 is 0 Å². The van der Waals surface area contributed by atoms with Crippen LogP contribution in [0.3, 0.4) is 0 Å². The number of nitrogens with one attached hydrogen (secondary N) is 1. The van der Waals surface area contributed by atoms with E-state index in [-0.39, 0.29) is 5.91 Å². The first-order valence-corrected chi connectivity index (χ1v) is 9.47. The SMILES string of the molecule is CC(C)S(=O)(=O)[C@H](C)C(=O)NCC1CCCCCCC1. The molecule has 0 aromatic heterocycles. The molecule has 5 heteroatoms. The minimum absolute atomic E-state index is 0.347. The molecule has 20 heavy (non-hydrogen) atoms. The van der Waals surface area contributed by atoms with Crippen LogP contribution in [-0.2, 0) is 14.6 Å². The second-order valence-electron chi connectivity index (χ2n) is 6.24. The van der Waals surface area contributed by atoms with Gasteiger partial charge in [0.15, 0.2) is 9.84 Å². The molecule has 1 rings (SSSR count). The summed E-state index contributed by atoms with van der Waals surface area (Å²) in [5.74, 6) is 0.161. The summed E-state index contributed by atoms with van der Waals surface area (Å²) < 4.78 is 23.9. The van der Waals surface area contributed by atoms with Crippen LogP contribution in [0.4, 0.5) is 0 Å². The van der Waals surface area contributed by atoms with Gasteiger partial charge in [0, 0.05) is 6.54 Å². The molecule has 0 unspecified atom stereocenters. The molecular weight excluding hydrogens is 274 g/mol. The molecule has 1 N–H and O–H groups in total. The van der Waals surface area contributed by atoms with Gasteiger partial charge < -0.3 is 5.32 Å². The molecule has 0 aromatic carbocycles. The van der Waals surface area contributed by atoms with Gasteiger partial charge in [0.1, 0.15) is 5.25 Å². The number of carbonyl (C=O) groups is 1. The zero-order valence-corrected chi connectivity index (χ0v) is 13.8. The molecule has 1 fully saturated rings. The van der Waals surface area contributed by atoms with Crippen LogP contribution in [0, 0.1) is 5.92 Å². The predicted molar refractivity (Wildman–Crippen MR) is 82.3 cm³/mol. The zero-order chi connectivity index (χ0) is 15.2. The third-order valence-electron chi connectivity index (χ3n) is 4.31. The van der Waals surface area contributed by atoms with Gasteiger partial charge in [-0.2, -0.15) is 0 Å². The molecule has 118 valence electrons. The number of amides is 1. The first kappa shape index (κ1) is 17.5. The molecule has 0 bridgehead atoms. The maximum atomic E-state index is 12.0. The van der Waals surface area contributed by atoms with Gasteiger partial charge in [-0.3, -0.25) is 4.79 Å². The monoisotopic (exact) mass is 303 g/mol. The summed E-state index contributed by atoms with van der Waals surface area (Å²) in [6.45, 7) is 5.35. The van der Waals surface area contributed by atoms with Crippen molar-refractivity contribution in [1.29, 1.82) is 0 Å². The van der Waals surface area contributed by atoms with Crippen molar-refractivity contribution in [2.24, 2.45) is 5.92 Å². The topological polar surface area (TPSA) is 63.2 Å². The lowest BCUT2D eigenvalue weighted by molar-refractivity contribution is -0.120. The largest absolute Gasteiger partial charge is 0.355 e. The van der Waals surface area contributed by atoms with E-state index in [1.54, 1.807) is 13.8 Å². The average molecular weight is 303 g/mol. The fraction of sp³-hybridized carbons (Fsp3) is 0.933. The van der Waals surface area contributed by atoms with Gasteiger partial charge in [-0.15, -0.1) is 0 Å². The number of hydrogen-bond acceptors (Lipinski definition) is 3. The van der Waals surface area contributed by atoms with Gasteiger partial charge in [-0.25, -0.2) is 8.42 Å². The zero-order valence-electron chi connectivity index (χ0n) is 13.0. The number of sulfone groups is 1. The number of rotatable bonds is 5. The summed E-state index contributed by atoms with van der Waals surface area (Å²) in [6, 6.07) is 0. The summed E-state index contributed by atoms with van der Waals surface area (Å²) in [5.41, 5.74) is 0. The van der Waals surface area contributed by atoms with E-state index in [1.165, 1.54) is 39.0 Å². The van der Waals surface area contributed by atoms with Crippen LogP contribution in [0.5, 0.6) is 0 Å². The first-order valence-electron chi connectivity index (χ1n) is 7.86. The quantitative estimate of drug-likeness (QED) is 0.849. The fourth-order valence-corrected chi connectivity index (χ4v) is 3.89. The normalized spacial score (nSPS) is 20.2. The van der Waals surface area contributed by atoms with Gasteiger partial charge in [0.05, 0.1) is 5.25 Å². The van der Waals surface area contributed by atoms with Gasteiger partial charge in [0.25, 0.3) is 0 Å². The highest BCUT2D eigenvalue weighted by Gasteiger charge is 2.30. The lowest BCUT2D eigenvalue weighted by atomic mass is 9.91. The average Bonchev–Trinajstić information content (AvgIpc) is 2.35. The minimum Gasteiger partial charge on any atom is -0.355 e. The van der Waals surface area contributed by atoms with E-state index in [0.717, 1.165) is 12.8 Å². The smallest absolute Gasteiger partial charge is 0.238 e. The lowest BCUT2D eigenvalue weighted by Gasteiger charge is -2.21. The van der Waals surface area contributed by atoms with Crippen LogP contribution in [0.15, 0.2) is 0 Å². The summed E-state index contributed by atoms with van der Waals surface area (Å²) in [5, 5.41) is 1.39. The molecule has 4 nitrogen and oxygen atoms in total. The van der Waals surface area contributed by atoms with Crippen LogP contribution in [-0.4, -0.2) is 31.4 Å². The molecule has 1 amide bonds.